The lowest BCUT2D eigenvalue weighted by molar-refractivity contribution is 0.481. The van der Waals surface area contributed by atoms with Crippen LogP contribution in [0, 0.1) is 0 Å². The highest BCUT2D eigenvalue weighted by Crippen LogP contribution is 2.36. The van der Waals surface area contributed by atoms with Crippen LogP contribution in [0.5, 0.6) is 0 Å². The zero-order valence-corrected chi connectivity index (χ0v) is 15.4. The van der Waals surface area contributed by atoms with Crippen molar-refractivity contribution >= 4 is 55.5 Å². The van der Waals surface area contributed by atoms with Gasteiger partial charge >= 0.3 is 0 Å². The molecule has 13 heteroatoms. The molecule has 0 bridgehead atoms. The summed E-state index contributed by atoms with van der Waals surface area (Å²) in [5.41, 5.74) is -0.655. The van der Waals surface area contributed by atoms with Crippen LogP contribution in [0.3, 0.4) is 0 Å². The molecule has 2 N–H and O–H groups in total. The number of hydrogen-bond donors (Lipinski definition) is 2. The van der Waals surface area contributed by atoms with Crippen molar-refractivity contribution in [2.75, 3.05) is 0 Å². The van der Waals surface area contributed by atoms with Crippen molar-refractivity contribution in [2.45, 2.75) is 19.6 Å². The van der Waals surface area contributed by atoms with Gasteiger partial charge in [-0.05, 0) is 36.4 Å². The summed E-state index contributed by atoms with van der Waals surface area (Å²) < 4.78 is 64.2. The fourth-order valence-electron chi connectivity index (χ4n) is 1.95. The van der Waals surface area contributed by atoms with Gasteiger partial charge in [-0.25, -0.2) is 9.59 Å². The molecule has 0 fully saturated rings. The van der Waals surface area contributed by atoms with Crippen LogP contribution in [0.2, 0.25) is 0 Å². The van der Waals surface area contributed by atoms with E-state index in [4.69, 9.17) is 0 Å². The molecule has 2 aromatic rings. The van der Waals surface area contributed by atoms with Gasteiger partial charge in [-0.3, -0.25) is 9.11 Å². The molecule has 0 aliphatic carbocycles. The molecule has 10 nitrogen and oxygen atoms in total. The summed E-state index contributed by atoms with van der Waals surface area (Å²) in [6.45, 7) is 0. The minimum atomic E-state index is -4.70. The van der Waals surface area contributed by atoms with Gasteiger partial charge in [0.2, 0.25) is 12.2 Å². The quantitative estimate of drug-likeness (QED) is 0.398. The maximum absolute atomic E-state index is 11.4. The molecule has 0 spiro atoms. The summed E-state index contributed by atoms with van der Waals surface area (Å²) >= 11 is 0.870. The van der Waals surface area contributed by atoms with E-state index < -0.39 is 30.0 Å². The highest BCUT2D eigenvalue weighted by molar-refractivity contribution is 7.99. The molecule has 0 aliphatic heterocycles. The van der Waals surface area contributed by atoms with E-state index >= 15 is 0 Å². The summed E-state index contributed by atoms with van der Waals surface area (Å²) in [6.07, 6.45) is 2.33. The van der Waals surface area contributed by atoms with Gasteiger partial charge in [-0.1, -0.05) is 11.8 Å². The van der Waals surface area contributed by atoms with Crippen LogP contribution in [0.4, 0.5) is 11.4 Å². The molecular formula is C14H8N2O8S3. The maximum atomic E-state index is 11.4. The molecule has 0 aliphatic rings. The summed E-state index contributed by atoms with van der Waals surface area (Å²) in [7, 11) is -9.39. The van der Waals surface area contributed by atoms with Crippen LogP contribution in [-0.4, -0.2) is 38.1 Å². The second-order valence-electron chi connectivity index (χ2n) is 4.72. The highest BCUT2D eigenvalue weighted by Gasteiger charge is 2.19. The summed E-state index contributed by atoms with van der Waals surface area (Å²) in [4.78, 5) is 26.3. The number of benzene rings is 2. The van der Waals surface area contributed by atoms with E-state index in [1.54, 1.807) is 0 Å². The topological polar surface area (TPSA) is 168 Å². The second kappa shape index (κ2) is 7.94. The van der Waals surface area contributed by atoms with Gasteiger partial charge in [-0.15, -0.1) is 0 Å². The number of hydrogen-bond acceptors (Lipinski definition) is 9. The van der Waals surface area contributed by atoms with E-state index in [0.29, 0.717) is 0 Å². The van der Waals surface area contributed by atoms with Crippen molar-refractivity contribution in [2.24, 2.45) is 9.98 Å². The number of isocyanates is 2. The molecule has 27 heavy (non-hydrogen) atoms. The first-order chi connectivity index (χ1) is 12.6. The van der Waals surface area contributed by atoms with Gasteiger partial charge in [0.05, 0.1) is 11.4 Å². The second-order valence-corrected chi connectivity index (χ2v) is 8.64. The molecule has 0 radical (unpaired) electrons. The minimum absolute atomic E-state index is 0.236. The van der Waals surface area contributed by atoms with E-state index in [9.17, 15) is 35.5 Å². The number of rotatable bonds is 6. The van der Waals surface area contributed by atoms with Gasteiger partial charge in [0.25, 0.3) is 20.2 Å². The fourth-order valence-corrected chi connectivity index (χ4v) is 4.30. The predicted molar refractivity (Wildman–Crippen MR) is 92.2 cm³/mol. The first kappa shape index (κ1) is 20.7. The SMILES string of the molecule is O=C=Nc1ccc(Sc2ccc(N=C=O)c(S(=O)(=O)O)c2)cc1S(=O)(=O)O. The van der Waals surface area contributed by atoms with Gasteiger partial charge in [-0.2, -0.15) is 26.8 Å². The lowest BCUT2D eigenvalue weighted by Gasteiger charge is -2.08. The zero-order valence-electron chi connectivity index (χ0n) is 12.9. The normalized spacial score (nSPS) is 11.3. The average Bonchev–Trinajstić information content (AvgIpc) is 2.56. The lowest BCUT2D eigenvalue weighted by Crippen LogP contribution is -1.99. The summed E-state index contributed by atoms with van der Waals surface area (Å²) in [5.74, 6) is 0. The Morgan fingerprint density at radius 2 is 1.11 bits per heavy atom. The number of nitrogens with zero attached hydrogens (tertiary/aromatic N) is 2. The minimum Gasteiger partial charge on any atom is -0.282 e. The smallest absolute Gasteiger partial charge is 0.282 e. The maximum Gasteiger partial charge on any atom is 0.296 e. The Balaban J connectivity index is 2.55. The van der Waals surface area contributed by atoms with Crippen LogP contribution in [0.15, 0.2) is 66.0 Å². The molecule has 0 amide bonds. The number of carbonyl (C=O) groups excluding carboxylic acids is 2. The Bertz CT molecular complexity index is 1110. The largest absolute Gasteiger partial charge is 0.296 e. The van der Waals surface area contributed by atoms with Gasteiger partial charge in [0, 0.05) is 9.79 Å². The Morgan fingerprint density at radius 3 is 1.41 bits per heavy atom. The van der Waals surface area contributed by atoms with Crippen LogP contribution < -0.4 is 0 Å². The third kappa shape index (κ3) is 5.18. The first-order valence-corrected chi connectivity index (χ1v) is 10.3. The molecule has 0 heterocycles. The summed E-state index contributed by atoms with van der Waals surface area (Å²) in [6, 6.07) is 7.04. The van der Waals surface area contributed by atoms with Crippen molar-refractivity contribution in [3.8, 4) is 0 Å². The van der Waals surface area contributed by atoms with E-state index in [1.165, 1.54) is 12.1 Å². The van der Waals surface area contributed by atoms with Gasteiger partial charge < -0.3 is 0 Å². The monoisotopic (exact) mass is 428 g/mol. The molecule has 0 saturated heterocycles. The van der Waals surface area contributed by atoms with Crippen LogP contribution in [0.1, 0.15) is 0 Å². The summed E-state index contributed by atoms with van der Waals surface area (Å²) in [5, 5.41) is 0. The molecule has 0 saturated carbocycles. The molecule has 2 rings (SSSR count). The Labute approximate surface area is 157 Å². The Morgan fingerprint density at radius 1 is 0.741 bits per heavy atom. The van der Waals surface area contributed by atoms with E-state index in [-0.39, 0.29) is 21.2 Å². The van der Waals surface area contributed by atoms with Crippen molar-refractivity contribution in [1.29, 1.82) is 0 Å². The Hall–Kier alpha value is -2.63. The third-order valence-electron chi connectivity index (χ3n) is 2.99. The van der Waals surface area contributed by atoms with Crippen molar-refractivity contribution in [1.82, 2.24) is 0 Å². The predicted octanol–water partition coefficient (Wildman–Crippen LogP) is 2.27. The molecule has 0 aromatic heterocycles. The lowest BCUT2D eigenvalue weighted by atomic mass is 10.3. The highest BCUT2D eigenvalue weighted by atomic mass is 32.2. The van der Waals surface area contributed by atoms with Crippen LogP contribution in [0.25, 0.3) is 0 Å². The molecular weight excluding hydrogens is 420 g/mol. The van der Waals surface area contributed by atoms with Gasteiger partial charge in [0.1, 0.15) is 9.79 Å². The van der Waals surface area contributed by atoms with E-state index in [1.807, 2.05) is 0 Å². The van der Waals surface area contributed by atoms with E-state index in [0.717, 1.165) is 48.2 Å². The zero-order chi connectivity index (χ0) is 20.2. The van der Waals surface area contributed by atoms with Gasteiger partial charge in [0.15, 0.2) is 0 Å². The van der Waals surface area contributed by atoms with Crippen LogP contribution >= 0.6 is 11.8 Å². The fraction of sp³-hybridized carbons (Fsp3) is 0. The molecule has 0 unspecified atom stereocenters. The third-order valence-corrected chi connectivity index (χ3v) is 5.73. The van der Waals surface area contributed by atoms with Crippen molar-refractivity contribution < 1.29 is 35.5 Å². The first-order valence-electron chi connectivity index (χ1n) is 6.63. The molecule has 2 aromatic carbocycles. The molecule has 140 valence electrons. The molecule has 0 atom stereocenters. The van der Waals surface area contributed by atoms with Crippen LogP contribution in [-0.2, 0) is 29.8 Å². The van der Waals surface area contributed by atoms with Crippen molar-refractivity contribution in [3.05, 3.63) is 36.4 Å². The number of aliphatic imine (C=N–C) groups is 2. The Kier molecular flexibility index (Phi) is 6.08. The average molecular weight is 428 g/mol. The van der Waals surface area contributed by atoms with Crippen molar-refractivity contribution in [3.63, 3.8) is 0 Å². The van der Waals surface area contributed by atoms with E-state index in [2.05, 4.69) is 9.98 Å². The standard InChI is InChI=1S/C14H8N2O8S3/c17-7-15-11-3-1-9(5-13(11)26(19,20)21)25-10-2-4-12(16-8-18)14(6-10)27(22,23)24/h1-6H,(H,19,20,21)(H,22,23,24).